The van der Waals surface area contributed by atoms with Crippen molar-refractivity contribution in [3.05, 3.63) is 83.4 Å². The van der Waals surface area contributed by atoms with Gasteiger partial charge in [0.25, 0.3) is 0 Å². The molecule has 0 aliphatic heterocycles. The summed E-state index contributed by atoms with van der Waals surface area (Å²) in [6, 6.07) is 18.5. The lowest BCUT2D eigenvalue weighted by Crippen LogP contribution is -1.97. The van der Waals surface area contributed by atoms with E-state index in [4.69, 9.17) is 0 Å². The van der Waals surface area contributed by atoms with Crippen molar-refractivity contribution in [1.82, 2.24) is 14.8 Å². The van der Waals surface area contributed by atoms with Crippen molar-refractivity contribution < 1.29 is 0 Å². The summed E-state index contributed by atoms with van der Waals surface area (Å²) in [6.45, 7) is 0.804. The van der Waals surface area contributed by atoms with E-state index in [9.17, 15) is 0 Å². The number of benzene rings is 1. The van der Waals surface area contributed by atoms with Gasteiger partial charge in [0.2, 0.25) is 0 Å². The van der Waals surface area contributed by atoms with E-state index in [0.29, 0.717) is 0 Å². The first kappa shape index (κ1) is 13.9. The molecular formula is C19H15N3S. The molecule has 4 aromatic rings. The molecule has 0 saturated carbocycles. The molecule has 0 bridgehead atoms. The van der Waals surface area contributed by atoms with Gasteiger partial charge in [-0.1, -0.05) is 42.5 Å². The third-order valence-electron chi connectivity index (χ3n) is 3.70. The molecule has 3 heterocycles. The Bertz CT molecular complexity index is 895. The quantitative estimate of drug-likeness (QED) is 0.545. The molecule has 0 atom stereocenters. The summed E-state index contributed by atoms with van der Waals surface area (Å²) in [5, 5.41) is 6.59. The van der Waals surface area contributed by atoms with Crippen molar-refractivity contribution in [1.29, 1.82) is 0 Å². The Morgan fingerprint density at radius 3 is 2.65 bits per heavy atom. The van der Waals surface area contributed by atoms with Gasteiger partial charge in [-0.2, -0.15) is 5.10 Å². The Hall–Kier alpha value is -2.72. The molecule has 0 fully saturated rings. The lowest BCUT2D eigenvalue weighted by atomic mass is 10.0. The molecule has 1 aromatic carbocycles. The number of hydrogen-bond donors (Lipinski definition) is 0. The molecule has 0 spiro atoms. The van der Waals surface area contributed by atoms with Crippen LogP contribution in [0.2, 0.25) is 0 Å². The fourth-order valence-corrected chi connectivity index (χ4v) is 3.31. The molecule has 4 heteroatoms. The van der Waals surface area contributed by atoms with Gasteiger partial charge in [0.15, 0.2) is 0 Å². The first-order valence-electron chi connectivity index (χ1n) is 7.46. The summed E-state index contributed by atoms with van der Waals surface area (Å²) in [4.78, 5) is 5.88. The van der Waals surface area contributed by atoms with E-state index in [-0.39, 0.29) is 0 Å². The number of pyridine rings is 1. The van der Waals surface area contributed by atoms with Crippen molar-refractivity contribution >= 4 is 11.3 Å². The van der Waals surface area contributed by atoms with Crippen molar-refractivity contribution in [2.45, 2.75) is 6.54 Å². The molecule has 0 amide bonds. The Labute approximate surface area is 138 Å². The molecule has 23 heavy (non-hydrogen) atoms. The van der Waals surface area contributed by atoms with Gasteiger partial charge in [0.05, 0.1) is 18.4 Å². The van der Waals surface area contributed by atoms with Gasteiger partial charge in [0.1, 0.15) is 0 Å². The Balaban J connectivity index is 1.70. The number of thiophene rings is 1. The number of rotatable bonds is 4. The predicted octanol–water partition coefficient (Wildman–Crippen LogP) is 4.72. The second-order valence-electron chi connectivity index (χ2n) is 5.27. The summed E-state index contributed by atoms with van der Waals surface area (Å²) < 4.78 is 1.98. The molecule has 0 saturated heterocycles. The van der Waals surface area contributed by atoms with Crippen LogP contribution in [0.5, 0.6) is 0 Å². The molecule has 0 radical (unpaired) electrons. The third kappa shape index (κ3) is 2.94. The minimum absolute atomic E-state index is 0.804. The molecule has 4 rings (SSSR count). The molecule has 0 unspecified atom stereocenters. The average Bonchev–Trinajstić information content (AvgIpc) is 3.28. The summed E-state index contributed by atoms with van der Waals surface area (Å²) >= 11 is 1.75. The third-order valence-corrected chi connectivity index (χ3v) is 4.56. The van der Waals surface area contributed by atoms with Crippen molar-refractivity contribution in [3.63, 3.8) is 0 Å². The molecule has 0 aliphatic rings. The van der Waals surface area contributed by atoms with E-state index in [2.05, 4.69) is 52.0 Å². The number of nitrogens with zero attached hydrogens (tertiary/aromatic N) is 3. The van der Waals surface area contributed by atoms with Gasteiger partial charge < -0.3 is 0 Å². The van der Waals surface area contributed by atoms with Crippen LogP contribution in [-0.4, -0.2) is 14.8 Å². The first-order valence-corrected chi connectivity index (χ1v) is 8.34. The second kappa shape index (κ2) is 6.18. The smallest absolute Gasteiger partial charge is 0.0781 e. The highest BCUT2D eigenvalue weighted by Gasteiger charge is 2.10. The fraction of sp³-hybridized carbons (Fsp3) is 0.0526. The predicted molar refractivity (Wildman–Crippen MR) is 94.3 cm³/mol. The van der Waals surface area contributed by atoms with Crippen LogP contribution in [0.3, 0.4) is 0 Å². The van der Waals surface area contributed by atoms with Crippen LogP contribution < -0.4 is 0 Å². The first-order chi connectivity index (χ1) is 11.4. The van der Waals surface area contributed by atoms with Crippen LogP contribution >= 0.6 is 11.3 Å². The highest BCUT2D eigenvalue weighted by molar-refractivity contribution is 7.09. The van der Waals surface area contributed by atoms with Gasteiger partial charge in [-0.05, 0) is 17.5 Å². The molecule has 0 aliphatic carbocycles. The Kier molecular flexibility index (Phi) is 3.74. The minimum atomic E-state index is 0.804. The highest BCUT2D eigenvalue weighted by Crippen LogP contribution is 2.29. The highest BCUT2D eigenvalue weighted by atomic mass is 32.1. The summed E-state index contributed by atoms with van der Waals surface area (Å²) in [5.41, 5.74) is 4.31. The summed E-state index contributed by atoms with van der Waals surface area (Å²) in [7, 11) is 0. The maximum atomic E-state index is 4.58. The van der Waals surface area contributed by atoms with Gasteiger partial charge in [-0.3, -0.25) is 9.67 Å². The largest absolute Gasteiger partial charge is 0.267 e. The molecule has 3 aromatic heterocycles. The number of aromatic nitrogens is 3. The number of hydrogen-bond acceptors (Lipinski definition) is 3. The van der Waals surface area contributed by atoms with Crippen LogP contribution in [-0.2, 0) is 6.54 Å². The van der Waals surface area contributed by atoms with Crippen molar-refractivity contribution in [2.75, 3.05) is 0 Å². The van der Waals surface area contributed by atoms with Gasteiger partial charge in [-0.15, -0.1) is 11.3 Å². The monoisotopic (exact) mass is 317 g/mol. The normalized spacial score (nSPS) is 10.8. The van der Waals surface area contributed by atoms with Gasteiger partial charge >= 0.3 is 0 Å². The van der Waals surface area contributed by atoms with E-state index in [1.165, 1.54) is 4.88 Å². The molecular weight excluding hydrogens is 302 g/mol. The standard InChI is InChI=1S/C19H15N3S/c1-2-6-15(7-3-1)19-18(9-4-10-20-19)16-12-21-22(13-16)14-17-8-5-11-23-17/h1-13H,14H2. The van der Waals surface area contributed by atoms with Crippen LogP contribution in [0.15, 0.2) is 78.6 Å². The van der Waals surface area contributed by atoms with Gasteiger partial charge in [-0.25, -0.2) is 0 Å². The Morgan fingerprint density at radius 2 is 1.83 bits per heavy atom. The zero-order valence-corrected chi connectivity index (χ0v) is 13.3. The van der Waals surface area contributed by atoms with E-state index >= 15 is 0 Å². The average molecular weight is 317 g/mol. The molecule has 112 valence electrons. The van der Waals surface area contributed by atoms with Crippen LogP contribution in [0.1, 0.15) is 4.88 Å². The maximum Gasteiger partial charge on any atom is 0.0781 e. The molecule has 3 nitrogen and oxygen atoms in total. The lowest BCUT2D eigenvalue weighted by molar-refractivity contribution is 0.695. The van der Waals surface area contributed by atoms with E-state index in [0.717, 1.165) is 28.9 Å². The topological polar surface area (TPSA) is 30.7 Å². The second-order valence-corrected chi connectivity index (χ2v) is 6.30. The van der Waals surface area contributed by atoms with Crippen molar-refractivity contribution in [3.8, 4) is 22.4 Å². The van der Waals surface area contributed by atoms with E-state index in [1.54, 1.807) is 11.3 Å². The lowest BCUT2D eigenvalue weighted by Gasteiger charge is -2.06. The summed E-state index contributed by atoms with van der Waals surface area (Å²) in [5.74, 6) is 0. The molecule has 0 N–H and O–H groups in total. The van der Waals surface area contributed by atoms with Gasteiger partial charge in [0, 0.05) is 34.0 Å². The Morgan fingerprint density at radius 1 is 0.913 bits per heavy atom. The van der Waals surface area contributed by atoms with Crippen molar-refractivity contribution in [2.24, 2.45) is 0 Å². The van der Waals surface area contributed by atoms with E-state index < -0.39 is 0 Å². The zero-order valence-electron chi connectivity index (χ0n) is 12.5. The summed E-state index contributed by atoms with van der Waals surface area (Å²) in [6.07, 6.45) is 5.84. The van der Waals surface area contributed by atoms with Crippen LogP contribution in [0.4, 0.5) is 0 Å². The van der Waals surface area contributed by atoms with Crippen LogP contribution in [0.25, 0.3) is 22.4 Å². The van der Waals surface area contributed by atoms with E-state index in [1.807, 2.05) is 41.3 Å². The SMILES string of the molecule is c1ccc(-c2ncccc2-c2cnn(Cc3cccs3)c2)cc1. The van der Waals surface area contributed by atoms with Crippen LogP contribution in [0, 0.1) is 0 Å². The zero-order chi connectivity index (χ0) is 15.5. The maximum absolute atomic E-state index is 4.58. The minimum Gasteiger partial charge on any atom is -0.267 e. The fourth-order valence-electron chi connectivity index (χ4n) is 2.62.